The molecule has 110 valence electrons. The average Bonchev–Trinajstić information content (AvgIpc) is 2.53. The highest BCUT2D eigenvalue weighted by Crippen LogP contribution is 2.21. The van der Waals surface area contributed by atoms with Gasteiger partial charge in [-0.05, 0) is 31.0 Å². The Morgan fingerprint density at radius 3 is 2.90 bits per heavy atom. The molecule has 1 saturated heterocycles. The lowest BCUT2D eigenvalue weighted by molar-refractivity contribution is -0.143. The quantitative estimate of drug-likeness (QED) is 0.900. The first kappa shape index (κ1) is 14.9. The summed E-state index contributed by atoms with van der Waals surface area (Å²) in [6.45, 7) is 0.793. The molecule has 1 aromatic carbocycles. The van der Waals surface area contributed by atoms with Gasteiger partial charge in [0, 0.05) is 25.8 Å². The Balaban J connectivity index is 2.11. The van der Waals surface area contributed by atoms with E-state index >= 15 is 0 Å². The van der Waals surface area contributed by atoms with Gasteiger partial charge in [-0.1, -0.05) is 6.07 Å². The van der Waals surface area contributed by atoms with E-state index in [0.717, 1.165) is 0 Å². The number of carboxylic acids is 1. The van der Waals surface area contributed by atoms with Crippen molar-refractivity contribution in [3.8, 4) is 6.07 Å². The summed E-state index contributed by atoms with van der Waals surface area (Å²) in [7, 11) is 1.63. The summed E-state index contributed by atoms with van der Waals surface area (Å²) in [6, 6.07) is 8.56. The Kier molecular flexibility index (Phi) is 4.43. The highest BCUT2D eigenvalue weighted by molar-refractivity contribution is 5.92. The lowest BCUT2D eigenvalue weighted by atomic mass is 9.98. The number of aliphatic carboxylic acids is 1. The SMILES string of the molecule is CN(C(=O)N1CCC[C@H](C(=O)O)C1)c1cccc(C#N)c1. The molecule has 1 N–H and O–H groups in total. The third-order valence-corrected chi connectivity index (χ3v) is 3.69. The van der Waals surface area contributed by atoms with E-state index in [1.54, 1.807) is 36.2 Å². The number of hydrogen-bond acceptors (Lipinski definition) is 3. The second-order valence-corrected chi connectivity index (χ2v) is 5.13. The number of carbonyl (C=O) groups is 2. The molecule has 0 saturated carbocycles. The highest BCUT2D eigenvalue weighted by atomic mass is 16.4. The number of nitriles is 1. The third kappa shape index (κ3) is 3.31. The number of piperidine rings is 1. The van der Waals surface area contributed by atoms with Gasteiger partial charge in [-0.2, -0.15) is 5.26 Å². The maximum absolute atomic E-state index is 12.4. The van der Waals surface area contributed by atoms with Gasteiger partial charge in [0.25, 0.3) is 0 Å². The van der Waals surface area contributed by atoms with Gasteiger partial charge in [0.1, 0.15) is 0 Å². The minimum absolute atomic E-state index is 0.233. The van der Waals surface area contributed by atoms with E-state index in [9.17, 15) is 9.59 Å². The number of carbonyl (C=O) groups excluding carboxylic acids is 1. The first-order valence-corrected chi connectivity index (χ1v) is 6.78. The van der Waals surface area contributed by atoms with E-state index in [1.165, 1.54) is 4.90 Å². The molecule has 1 atom stereocenters. The fourth-order valence-electron chi connectivity index (χ4n) is 2.46. The van der Waals surface area contributed by atoms with Gasteiger partial charge < -0.3 is 10.0 Å². The molecule has 1 fully saturated rings. The standard InChI is InChI=1S/C15H17N3O3/c1-17(13-6-2-4-11(8-13)9-16)15(21)18-7-3-5-12(10-18)14(19)20/h2,4,6,8,12H,3,5,7,10H2,1H3,(H,19,20)/t12-/m0/s1. The maximum Gasteiger partial charge on any atom is 0.324 e. The van der Waals surface area contributed by atoms with E-state index in [4.69, 9.17) is 10.4 Å². The molecule has 6 heteroatoms. The number of nitrogens with zero attached hydrogens (tertiary/aromatic N) is 3. The van der Waals surface area contributed by atoms with E-state index in [-0.39, 0.29) is 12.6 Å². The van der Waals surface area contributed by atoms with Crippen molar-refractivity contribution >= 4 is 17.7 Å². The van der Waals surface area contributed by atoms with Gasteiger partial charge in [-0.15, -0.1) is 0 Å². The Morgan fingerprint density at radius 2 is 2.24 bits per heavy atom. The van der Waals surface area contributed by atoms with Crippen LogP contribution in [0.2, 0.25) is 0 Å². The van der Waals surface area contributed by atoms with Crippen molar-refractivity contribution in [1.82, 2.24) is 4.90 Å². The lowest BCUT2D eigenvalue weighted by Gasteiger charge is -2.33. The van der Waals surface area contributed by atoms with E-state index in [0.29, 0.717) is 30.6 Å². The molecule has 2 amide bonds. The zero-order valence-electron chi connectivity index (χ0n) is 11.8. The molecule has 1 aromatic rings. The molecule has 21 heavy (non-hydrogen) atoms. The normalized spacial score (nSPS) is 17.9. The Labute approximate surface area is 123 Å². The molecule has 1 heterocycles. The van der Waals surface area contributed by atoms with Crippen molar-refractivity contribution in [2.45, 2.75) is 12.8 Å². The molecule has 1 aliphatic heterocycles. The van der Waals surface area contributed by atoms with E-state index < -0.39 is 11.9 Å². The molecule has 0 unspecified atom stereocenters. The largest absolute Gasteiger partial charge is 0.481 e. The Bertz CT molecular complexity index is 594. The van der Waals surface area contributed by atoms with Crippen LogP contribution >= 0.6 is 0 Å². The maximum atomic E-state index is 12.4. The minimum Gasteiger partial charge on any atom is -0.481 e. The van der Waals surface area contributed by atoms with E-state index in [1.807, 2.05) is 6.07 Å². The molecular weight excluding hydrogens is 270 g/mol. The Hall–Kier alpha value is -2.55. The van der Waals surface area contributed by atoms with Crippen molar-refractivity contribution in [1.29, 1.82) is 5.26 Å². The number of carboxylic acid groups (broad SMARTS) is 1. The molecule has 1 aliphatic rings. The van der Waals surface area contributed by atoms with Crippen LogP contribution in [0.15, 0.2) is 24.3 Å². The molecule has 0 aliphatic carbocycles. The molecule has 2 rings (SSSR count). The topological polar surface area (TPSA) is 84.6 Å². The van der Waals surface area contributed by atoms with Crippen LogP contribution in [-0.2, 0) is 4.79 Å². The van der Waals surface area contributed by atoms with Crippen LogP contribution in [-0.4, -0.2) is 42.1 Å². The average molecular weight is 287 g/mol. The summed E-state index contributed by atoms with van der Waals surface area (Å²) in [5, 5.41) is 18.0. The van der Waals surface area contributed by atoms with Crippen molar-refractivity contribution in [3.63, 3.8) is 0 Å². The smallest absolute Gasteiger partial charge is 0.324 e. The number of rotatable bonds is 2. The van der Waals surface area contributed by atoms with Crippen LogP contribution in [0.4, 0.5) is 10.5 Å². The molecule has 0 bridgehead atoms. The van der Waals surface area contributed by atoms with Crippen molar-refractivity contribution < 1.29 is 14.7 Å². The second kappa shape index (κ2) is 6.27. The minimum atomic E-state index is -0.860. The second-order valence-electron chi connectivity index (χ2n) is 5.13. The van der Waals surface area contributed by atoms with Crippen LogP contribution in [0.25, 0.3) is 0 Å². The number of anilines is 1. The van der Waals surface area contributed by atoms with E-state index in [2.05, 4.69) is 0 Å². The first-order valence-electron chi connectivity index (χ1n) is 6.78. The number of amides is 2. The summed E-state index contributed by atoms with van der Waals surface area (Å²) >= 11 is 0. The summed E-state index contributed by atoms with van der Waals surface area (Å²) in [5.74, 6) is -1.36. The summed E-state index contributed by atoms with van der Waals surface area (Å²) < 4.78 is 0. The van der Waals surface area contributed by atoms with Crippen molar-refractivity contribution in [2.75, 3.05) is 25.0 Å². The Morgan fingerprint density at radius 1 is 1.48 bits per heavy atom. The van der Waals surface area contributed by atoms with Crippen molar-refractivity contribution in [3.05, 3.63) is 29.8 Å². The van der Waals surface area contributed by atoms with Crippen LogP contribution in [0, 0.1) is 17.2 Å². The van der Waals surface area contributed by atoms with Crippen LogP contribution in [0.5, 0.6) is 0 Å². The predicted octanol–water partition coefficient (Wildman–Crippen LogP) is 1.91. The molecular formula is C15H17N3O3. The fourth-order valence-corrected chi connectivity index (χ4v) is 2.46. The van der Waals surface area contributed by atoms with Crippen LogP contribution < -0.4 is 4.90 Å². The summed E-state index contributed by atoms with van der Waals surface area (Å²) in [5.41, 5.74) is 1.10. The number of hydrogen-bond donors (Lipinski definition) is 1. The first-order chi connectivity index (χ1) is 10.0. The lowest BCUT2D eigenvalue weighted by Crippen LogP contribution is -2.47. The van der Waals surface area contributed by atoms with Gasteiger partial charge in [-0.25, -0.2) is 4.79 Å². The van der Waals surface area contributed by atoms with Gasteiger partial charge in [0.05, 0.1) is 17.6 Å². The molecule has 0 radical (unpaired) electrons. The summed E-state index contributed by atoms with van der Waals surface area (Å²) in [4.78, 5) is 26.5. The van der Waals surface area contributed by atoms with Crippen molar-refractivity contribution in [2.24, 2.45) is 5.92 Å². The van der Waals surface area contributed by atoms with Gasteiger partial charge in [0.2, 0.25) is 0 Å². The van der Waals surface area contributed by atoms with Gasteiger partial charge >= 0.3 is 12.0 Å². The zero-order valence-corrected chi connectivity index (χ0v) is 11.8. The van der Waals surface area contributed by atoms with Crippen LogP contribution in [0.1, 0.15) is 18.4 Å². The number of urea groups is 1. The monoisotopic (exact) mass is 287 g/mol. The van der Waals surface area contributed by atoms with Crippen LogP contribution in [0.3, 0.4) is 0 Å². The molecule has 0 spiro atoms. The predicted molar refractivity (Wildman–Crippen MR) is 76.9 cm³/mol. The third-order valence-electron chi connectivity index (χ3n) is 3.69. The highest BCUT2D eigenvalue weighted by Gasteiger charge is 2.29. The van der Waals surface area contributed by atoms with Gasteiger partial charge in [0.15, 0.2) is 0 Å². The fraction of sp³-hybridized carbons (Fsp3) is 0.400. The molecule has 6 nitrogen and oxygen atoms in total. The molecule has 0 aromatic heterocycles. The number of benzene rings is 1. The summed E-state index contributed by atoms with van der Waals surface area (Å²) in [6.07, 6.45) is 1.29. The zero-order chi connectivity index (χ0) is 15.4. The van der Waals surface area contributed by atoms with Gasteiger partial charge in [-0.3, -0.25) is 9.69 Å². The number of likely N-dealkylation sites (tertiary alicyclic amines) is 1.